The summed E-state index contributed by atoms with van der Waals surface area (Å²) in [5.74, 6) is -1.17. The molecule has 0 unspecified atom stereocenters. The van der Waals surface area contributed by atoms with E-state index >= 15 is 0 Å². The van der Waals surface area contributed by atoms with Gasteiger partial charge in [-0.3, -0.25) is 4.72 Å². The van der Waals surface area contributed by atoms with Crippen molar-refractivity contribution in [2.75, 3.05) is 4.72 Å². The fourth-order valence-corrected chi connectivity index (χ4v) is 3.78. The number of sulfonamides is 1. The van der Waals surface area contributed by atoms with E-state index < -0.39 is 16.0 Å². The lowest BCUT2D eigenvalue weighted by molar-refractivity contribution is 0.0702. The van der Waals surface area contributed by atoms with E-state index in [1.54, 1.807) is 18.2 Å². The van der Waals surface area contributed by atoms with Gasteiger partial charge >= 0.3 is 5.97 Å². The number of para-hydroxylation sites is 1. The lowest BCUT2D eigenvalue weighted by Crippen LogP contribution is -2.12. The highest BCUT2D eigenvalue weighted by Crippen LogP contribution is 2.25. The summed E-state index contributed by atoms with van der Waals surface area (Å²) >= 11 is 0.668. The normalized spacial score (nSPS) is 11.2. The van der Waals surface area contributed by atoms with Crippen molar-refractivity contribution in [3.8, 4) is 0 Å². The third-order valence-electron chi connectivity index (χ3n) is 2.49. The van der Waals surface area contributed by atoms with Crippen LogP contribution in [0.3, 0.4) is 0 Å². The molecule has 0 amide bonds. The quantitative estimate of drug-likeness (QED) is 0.780. The minimum absolute atomic E-state index is 0.0548. The van der Waals surface area contributed by atoms with Gasteiger partial charge in [-0.25, -0.2) is 13.2 Å². The number of aliphatic hydroxyl groups is 1. The average molecular weight is 313 g/mol. The zero-order chi connectivity index (χ0) is 14.8. The largest absolute Gasteiger partial charge is 0.477 e. The Labute approximate surface area is 119 Å². The van der Waals surface area contributed by atoms with E-state index in [-0.39, 0.29) is 21.4 Å². The number of benzene rings is 1. The highest BCUT2D eigenvalue weighted by molar-refractivity contribution is 7.94. The van der Waals surface area contributed by atoms with Crippen LogP contribution in [0.25, 0.3) is 0 Å². The Bertz CT molecular complexity index is 736. The van der Waals surface area contributed by atoms with E-state index in [2.05, 4.69) is 4.72 Å². The first kappa shape index (κ1) is 14.5. The number of carboxylic acid groups (broad SMARTS) is 1. The number of nitrogens with one attached hydrogen (secondary N) is 1. The Kier molecular flexibility index (Phi) is 4.07. The summed E-state index contributed by atoms with van der Waals surface area (Å²) in [6.45, 7) is -0.302. The van der Waals surface area contributed by atoms with Crippen LogP contribution in [0.1, 0.15) is 15.2 Å². The van der Waals surface area contributed by atoms with Crippen LogP contribution in [0.5, 0.6) is 0 Å². The molecule has 2 rings (SSSR count). The maximum Gasteiger partial charge on any atom is 0.345 e. The molecule has 8 heteroatoms. The predicted molar refractivity (Wildman–Crippen MR) is 74.5 cm³/mol. The van der Waals surface area contributed by atoms with Crippen molar-refractivity contribution in [3.63, 3.8) is 0 Å². The van der Waals surface area contributed by atoms with E-state index in [0.29, 0.717) is 16.9 Å². The number of aliphatic hydroxyl groups excluding tert-OH is 1. The average Bonchev–Trinajstić information content (AvgIpc) is 2.89. The second kappa shape index (κ2) is 5.61. The van der Waals surface area contributed by atoms with Crippen LogP contribution in [0, 0.1) is 0 Å². The Balaban J connectivity index is 2.33. The molecule has 1 heterocycles. The molecule has 6 nitrogen and oxygen atoms in total. The molecule has 0 fully saturated rings. The number of aromatic carboxylic acids is 1. The number of rotatable bonds is 5. The molecule has 0 spiro atoms. The maximum absolute atomic E-state index is 12.1. The predicted octanol–water partition coefficient (Wildman–Crippen LogP) is 1.74. The maximum atomic E-state index is 12.1. The van der Waals surface area contributed by atoms with Crippen molar-refractivity contribution in [2.24, 2.45) is 0 Å². The summed E-state index contributed by atoms with van der Waals surface area (Å²) in [5.41, 5.74) is 0.700. The molecular formula is C12H11NO5S2. The van der Waals surface area contributed by atoms with Gasteiger partial charge in [0.2, 0.25) is 0 Å². The van der Waals surface area contributed by atoms with Crippen molar-refractivity contribution in [1.82, 2.24) is 0 Å². The lowest BCUT2D eigenvalue weighted by atomic mass is 10.2. The van der Waals surface area contributed by atoms with Crippen molar-refractivity contribution < 1.29 is 23.4 Å². The van der Waals surface area contributed by atoms with Gasteiger partial charge in [0.25, 0.3) is 10.0 Å². The molecule has 0 aliphatic carbocycles. The first-order valence-corrected chi connectivity index (χ1v) is 7.79. The zero-order valence-electron chi connectivity index (χ0n) is 10.1. The molecule has 0 saturated carbocycles. The summed E-state index contributed by atoms with van der Waals surface area (Å²) in [6, 6.07) is 8.90. The van der Waals surface area contributed by atoms with Crippen LogP contribution in [0.4, 0.5) is 5.69 Å². The minimum Gasteiger partial charge on any atom is -0.477 e. The summed E-state index contributed by atoms with van der Waals surface area (Å²) in [6.07, 6.45) is 0. The summed E-state index contributed by atoms with van der Waals surface area (Å²) in [5, 5.41) is 18.0. The van der Waals surface area contributed by atoms with Gasteiger partial charge in [0.1, 0.15) is 9.09 Å². The van der Waals surface area contributed by atoms with Crippen molar-refractivity contribution >= 4 is 33.0 Å². The molecule has 3 N–H and O–H groups in total. The number of hydrogen-bond donors (Lipinski definition) is 3. The van der Waals surface area contributed by atoms with Crippen LogP contribution in [0.15, 0.2) is 40.6 Å². The molecule has 0 aliphatic heterocycles. The Morgan fingerprint density at radius 3 is 2.50 bits per heavy atom. The third kappa shape index (κ3) is 2.98. The van der Waals surface area contributed by atoms with Gasteiger partial charge in [-0.15, -0.1) is 11.3 Å². The Morgan fingerprint density at radius 1 is 1.20 bits per heavy atom. The smallest absolute Gasteiger partial charge is 0.345 e. The molecule has 106 valence electrons. The monoisotopic (exact) mass is 313 g/mol. The molecular weight excluding hydrogens is 302 g/mol. The summed E-state index contributed by atoms with van der Waals surface area (Å²) in [7, 11) is -3.86. The minimum atomic E-state index is -3.86. The van der Waals surface area contributed by atoms with Gasteiger partial charge in [0.15, 0.2) is 0 Å². The van der Waals surface area contributed by atoms with E-state index in [1.807, 2.05) is 0 Å². The van der Waals surface area contributed by atoms with Crippen LogP contribution in [-0.2, 0) is 16.6 Å². The van der Waals surface area contributed by atoms with Crippen molar-refractivity contribution in [1.29, 1.82) is 0 Å². The number of hydrogen-bond acceptors (Lipinski definition) is 5. The van der Waals surface area contributed by atoms with E-state index in [9.17, 15) is 13.2 Å². The van der Waals surface area contributed by atoms with Gasteiger partial charge in [0.05, 0.1) is 12.3 Å². The highest BCUT2D eigenvalue weighted by Gasteiger charge is 2.20. The topological polar surface area (TPSA) is 104 Å². The van der Waals surface area contributed by atoms with E-state index in [1.165, 1.54) is 18.2 Å². The van der Waals surface area contributed by atoms with Crippen LogP contribution >= 0.6 is 11.3 Å². The van der Waals surface area contributed by atoms with Crippen LogP contribution in [-0.4, -0.2) is 24.6 Å². The molecule has 0 saturated heterocycles. The fraction of sp³-hybridized carbons (Fsp3) is 0.0833. The Morgan fingerprint density at radius 2 is 1.90 bits per heavy atom. The molecule has 2 aromatic rings. The fourth-order valence-electron chi connectivity index (χ4n) is 1.53. The molecule has 0 atom stereocenters. The van der Waals surface area contributed by atoms with Crippen LogP contribution in [0.2, 0.25) is 0 Å². The van der Waals surface area contributed by atoms with Crippen LogP contribution < -0.4 is 4.72 Å². The number of anilines is 1. The van der Waals surface area contributed by atoms with E-state index in [4.69, 9.17) is 10.2 Å². The van der Waals surface area contributed by atoms with Crippen molar-refractivity contribution in [3.05, 3.63) is 46.8 Å². The van der Waals surface area contributed by atoms with Gasteiger partial charge in [0, 0.05) is 5.56 Å². The molecule has 20 heavy (non-hydrogen) atoms. The third-order valence-corrected chi connectivity index (χ3v) is 5.42. The van der Waals surface area contributed by atoms with Gasteiger partial charge < -0.3 is 10.2 Å². The second-order valence-electron chi connectivity index (χ2n) is 3.84. The SMILES string of the molecule is O=C(O)c1ccc(S(=O)(=O)Nc2ccccc2CO)s1. The van der Waals surface area contributed by atoms with Gasteiger partial charge in [-0.2, -0.15) is 0 Å². The molecule has 0 aliphatic rings. The summed E-state index contributed by atoms with van der Waals surface area (Å²) in [4.78, 5) is 10.7. The van der Waals surface area contributed by atoms with Crippen molar-refractivity contribution in [2.45, 2.75) is 10.8 Å². The van der Waals surface area contributed by atoms with Gasteiger partial charge in [-0.05, 0) is 18.2 Å². The number of carbonyl (C=O) groups is 1. The highest BCUT2D eigenvalue weighted by atomic mass is 32.2. The summed E-state index contributed by atoms with van der Waals surface area (Å²) < 4.78 is 26.5. The first-order valence-electron chi connectivity index (χ1n) is 5.49. The van der Waals surface area contributed by atoms with E-state index in [0.717, 1.165) is 0 Å². The van der Waals surface area contributed by atoms with Gasteiger partial charge in [-0.1, -0.05) is 18.2 Å². The molecule has 0 bridgehead atoms. The standard InChI is InChI=1S/C12H11NO5S2/c14-7-8-3-1-2-4-9(8)13-20(17,18)11-6-5-10(19-11)12(15)16/h1-6,13-14H,7H2,(H,15,16). The number of carboxylic acids is 1. The molecule has 1 aromatic heterocycles. The lowest BCUT2D eigenvalue weighted by Gasteiger charge is -2.09. The number of thiophene rings is 1. The zero-order valence-corrected chi connectivity index (χ0v) is 11.7. The molecule has 0 radical (unpaired) electrons. The molecule has 1 aromatic carbocycles. The second-order valence-corrected chi connectivity index (χ2v) is 6.84. The first-order chi connectivity index (χ1) is 9.44. The Hall–Kier alpha value is -1.90.